The average molecular weight is 335 g/mol. The summed E-state index contributed by atoms with van der Waals surface area (Å²) in [4.78, 5) is 0. The minimum Gasteiger partial charge on any atom is -1.00 e. The molecule has 3 rings (SSSR count). The van der Waals surface area contributed by atoms with Crippen LogP contribution in [0, 0.1) is 0 Å². The van der Waals surface area contributed by atoms with E-state index in [1.54, 1.807) is 38.5 Å². The van der Waals surface area contributed by atoms with Crippen LogP contribution in [0.1, 0.15) is 0 Å². The van der Waals surface area contributed by atoms with Crippen LogP contribution in [0.4, 0.5) is 0 Å². The van der Waals surface area contributed by atoms with Crippen molar-refractivity contribution in [1.82, 2.24) is 0 Å². The third kappa shape index (κ3) is 3.10. The Kier molecular flexibility index (Phi) is 4.81. The standard InChI is InChI=1S/C17H14O5.ClH/c1-20-15-5-3-10(7-17(15)21-2)14-6-4-12-13(19)8-11(18)9-16(12)22-14;/h3-9H,1-2H3,(H-,18,19);1H. The monoisotopic (exact) mass is 334 g/mol. The molecule has 0 fully saturated rings. The Bertz CT molecular complexity index is 848. The zero-order valence-corrected chi connectivity index (χ0v) is 13.3. The predicted octanol–water partition coefficient (Wildman–Crippen LogP) is 0.813. The molecule has 5 nitrogen and oxygen atoms in total. The van der Waals surface area contributed by atoms with Crippen molar-refractivity contribution in [1.29, 1.82) is 0 Å². The topological polar surface area (TPSA) is 70.2 Å². The maximum atomic E-state index is 9.81. The molecule has 3 aromatic rings. The molecule has 0 amide bonds. The van der Waals surface area contributed by atoms with E-state index < -0.39 is 0 Å². The van der Waals surface area contributed by atoms with Crippen LogP contribution in [-0.4, -0.2) is 24.4 Å². The fourth-order valence-electron chi connectivity index (χ4n) is 2.31. The Morgan fingerprint density at radius 1 is 0.870 bits per heavy atom. The summed E-state index contributed by atoms with van der Waals surface area (Å²) < 4.78 is 16.3. The molecule has 1 aromatic heterocycles. The van der Waals surface area contributed by atoms with Crippen LogP contribution in [0.3, 0.4) is 0 Å². The Hall–Kier alpha value is -2.66. The van der Waals surface area contributed by atoms with Crippen molar-refractivity contribution in [2.45, 2.75) is 0 Å². The summed E-state index contributed by atoms with van der Waals surface area (Å²) in [6, 6.07) is 11.6. The number of hydrogen-bond donors (Lipinski definition) is 2. The summed E-state index contributed by atoms with van der Waals surface area (Å²) in [6.45, 7) is 0. The number of fused-ring (bicyclic) bond motifs is 1. The fraction of sp³-hybridized carbons (Fsp3) is 0.118. The zero-order valence-electron chi connectivity index (χ0n) is 12.5. The number of hydrogen-bond acceptors (Lipinski definition) is 4. The van der Waals surface area contributed by atoms with Gasteiger partial charge < -0.3 is 32.1 Å². The second kappa shape index (κ2) is 6.62. The fourth-order valence-corrected chi connectivity index (χ4v) is 2.31. The number of benzene rings is 2. The summed E-state index contributed by atoms with van der Waals surface area (Å²) in [5.74, 6) is 1.71. The van der Waals surface area contributed by atoms with Crippen molar-refractivity contribution in [2.75, 3.05) is 14.2 Å². The third-order valence-electron chi connectivity index (χ3n) is 3.39. The lowest BCUT2D eigenvalue weighted by Gasteiger charge is -2.07. The van der Waals surface area contributed by atoms with Gasteiger partial charge in [-0.3, -0.25) is 0 Å². The first-order chi connectivity index (χ1) is 10.6. The van der Waals surface area contributed by atoms with Crippen molar-refractivity contribution >= 4 is 11.0 Å². The highest BCUT2D eigenvalue weighted by Crippen LogP contribution is 2.36. The van der Waals surface area contributed by atoms with Gasteiger partial charge in [0, 0.05) is 18.2 Å². The highest BCUT2D eigenvalue weighted by molar-refractivity contribution is 5.86. The molecule has 23 heavy (non-hydrogen) atoms. The van der Waals surface area contributed by atoms with E-state index in [4.69, 9.17) is 13.9 Å². The number of aromatic hydroxyl groups is 2. The molecule has 0 bridgehead atoms. The van der Waals surface area contributed by atoms with Crippen molar-refractivity contribution in [3.8, 4) is 34.3 Å². The maximum Gasteiger partial charge on any atom is 0.368 e. The highest BCUT2D eigenvalue weighted by atomic mass is 35.5. The average Bonchev–Trinajstić information content (AvgIpc) is 2.53. The minimum absolute atomic E-state index is 0. The molecule has 120 valence electrons. The molecule has 0 aliphatic carbocycles. The van der Waals surface area contributed by atoms with Gasteiger partial charge in [0.25, 0.3) is 0 Å². The molecular weight excluding hydrogens is 320 g/mol. The molecule has 1 heterocycles. The smallest absolute Gasteiger partial charge is 0.368 e. The first kappa shape index (κ1) is 16.7. The van der Waals surface area contributed by atoms with Gasteiger partial charge in [-0.2, -0.15) is 0 Å². The Balaban J connectivity index is 0.00000192. The molecule has 0 saturated carbocycles. The maximum absolute atomic E-state index is 9.81. The molecule has 0 aliphatic heterocycles. The third-order valence-corrected chi connectivity index (χ3v) is 3.39. The van der Waals surface area contributed by atoms with E-state index in [1.165, 1.54) is 12.1 Å². The van der Waals surface area contributed by atoms with Crippen LogP contribution in [0.15, 0.2) is 46.9 Å². The van der Waals surface area contributed by atoms with Gasteiger partial charge in [0.05, 0.1) is 25.8 Å². The van der Waals surface area contributed by atoms with E-state index in [2.05, 4.69) is 0 Å². The van der Waals surface area contributed by atoms with E-state index in [-0.39, 0.29) is 23.9 Å². The molecule has 2 N–H and O–H groups in total. The SMILES string of the molecule is COc1ccc(-c2ccc3c(O)cc(O)cc3[o+]2)cc1OC.[Cl-]. The first-order valence-corrected chi connectivity index (χ1v) is 6.63. The van der Waals surface area contributed by atoms with Gasteiger partial charge >= 0.3 is 11.3 Å². The number of halogens is 1. The molecule has 6 heteroatoms. The normalized spacial score (nSPS) is 10.2. The van der Waals surface area contributed by atoms with Gasteiger partial charge in [-0.15, -0.1) is 0 Å². The predicted molar refractivity (Wildman–Crippen MR) is 82.5 cm³/mol. The summed E-state index contributed by atoms with van der Waals surface area (Å²) in [5, 5.41) is 19.9. The molecule has 0 saturated heterocycles. The van der Waals surface area contributed by atoms with Crippen LogP contribution >= 0.6 is 0 Å². The number of phenolic OH excluding ortho intramolecular Hbond substituents is 2. The Morgan fingerprint density at radius 3 is 2.30 bits per heavy atom. The quantitative estimate of drug-likeness (QED) is 0.694. The number of phenols is 2. The molecule has 0 unspecified atom stereocenters. The minimum atomic E-state index is -0.0572. The van der Waals surface area contributed by atoms with Crippen molar-refractivity contribution < 1.29 is 36.5 Å². The highest BCUT2D eigenvalue weighted by Gasteiger charge is 2.19. The largest absolute Gasteiger partial charge is 1.00 e. The van der Waals surface area contributed by atoms with Gasteiger partial charge in [0.1, 0.15) is 16.9 Å². The molecule has 0 radical (unpaired) electrons. The molecule has 0 aliphatic rings. The van der Waals surface area contributed by atoms with Gasteiger partial charge in [-0.25, -0.2) is 4.42 Å². The van der Waals surface area contributed by atoms with E-state index in [9.17, 15) is 10.2 Å². The summed E-state index contributed by atoms with van der Waals surface area (Å²) in [7, 11) is 3.14. The second-order valence-corrected chi connectivity index (χ2v) is 4.75. The number of ether oxygens (including phenoxy) is 2. The van der Waals surface area contributed by atoms with Gasteiger partial charge in [0.15, 0.2) is 11.5 Å². The lowest BCUT2D eigenvalue weighted by molar-refractivity contribution is -0.00000758. The van der Waals surface area contributed by atoms with E-state index >= 15 is 0 Å². The van der Waals surface area contributed by atoms with Crippen LogP contribution in [0.2, 0.25) is 0 Å². The first-order valence-electron chi connectivity index (χ1n) is 6.63. The van der Waals surface area contributed by atoms with Gasteiger partial charge in [0.2, 0.25) is 0 Å². The van der Waals surface area contributed by atoms with Crippen LogP contribution in [0.25, 0.3) is 22.3 Å². The van der Waals surface area contributed by atoms with Crippen LogP contribution in [-0.2, 0) is 0 Å². The lowest BCUT2D eigenvalue weighted by atomic mass is 10.1. The lowest BCUT2D eigenvalue weighted by Crippen LogP contribution is -3.00. The summed E-state index contributed by atoms with van der Waals surface area (Å²) in [6.07, 6.45) is 0. The number of rotatable bonds is 3. The van der Waals surface area contributed by atoms with Crippen molar-refractivity contribution in [3.05, 3.63) is 42.5 Å². The van der Waals surface area contributed by atoms with Crippen molar-refractivity contribution in [3.63, 3.8) is 0 Å². The van der Waals surface area contributed by atoms with Crippen LogP contribution in [0.5, 0.6) is 23.0 Å². The van der Waals surface area contributed by atoms with E-state index in [0.29, 0.717) is 28.2 Å². The molecule has 2 aromatic carbocycles. The summed E-state index contributed by atoms with van der Waals surface area (Å²) >= 11 is 0. The van der Waals surface area contributed by atoms with E-state index in [0.717, 1.165) is 5.56 Å². The molecule has 0 atom stereocenters. The number of methoxy groups -OCH3 is 2. The Labute approximate surface area is 139 Å². The van der Waals surface area contributed by atoms with E-state index in [1.807, 2.05) is 6.07 Å². The van der Waals surface area contributed by atoms with Crippen LogP contribution < -0.4 is 21.9 Å². The van der Waals surface area contributed by atoms with Gasteiger partial charge in [-0.05, 0) is 18.2 Å². The molecule has 0 spiro atoms. The summed E-state index contributed by atoms with van der Waals surface area (Å²) in [5.41, 5.74) is 1.19. The second-order valence-electron chi connectivity index (χ2n) is 4.75. The van der Waals surface area contributed by atoms with Gasteiger partial charge in [-0.1, -0.05) is 0 Å². The zero-order chi connectivity index (χ0) is 15.7. The van der Waals surface area contributed by atoms with Crippen molar-refractivity contribution in [2.24, 2.45) is 0 Å². The Morgan fingerprint density at radius 2 is 1.61 bits per heavy atom. The molecular formula is C17H15ClO5.